The third-order valence-electron chi connectivity index (χ3n) is 4.61. The molecule has 24 heavy (non-hydrogen) atoms. The van der Waals surface area contributed by atoms with Crippen molar-refractivity contribution >= 4 is 5.91 Å². The molecule has 1 aliphatic carbocycles. The lowest BCUT2D eigenvalue weighted by molar-refractivity contribution is -0.120. The monoisotopic (exact) mass is 328 g/mol. The Bertz CT molecular complexity index is 717. The largest absolute Gasteiger partial charge is 0.497 e. The molecule has 6 nitrogen and oxygen atoms in total. The van der Waals surface area contributed by atoms with E-state index in [4.69, 9.17) is 10.5 Å². The predicted octanol–water partition coefficient (Wildman–Crippen LogP) is 2.19. The molecule has 0 bridgehead atoms. The number of aromatic nitrogens is 3. The van der Waals surface area contributed by atoms with Crippen molar-refractivity contribution in [2.75, 3.05) is 7.11 Å². The van der Waals surface area contributed by atoms with Crippen LogP contribution < -0.4 is 10.5 Å². The van der Waals surface area contributed by atoms with Crippen LogP contribution in [0.2, 0.25) is 0 Å². The van der Waals surface area contributed by atoms with Crippen molar-refractivity contribution in [1.82, 2.24) is 14.8 Å². The Hall–Kier alpha value is -2.37. The second-order valence-electron chi connectivity index (χ2n) is 6.41. The number of carbonyl (C=O) groups excluding carboxylic acids is 1. The van der Waals surface area contributed by atoms with E-state index in [0.29, 0.717) is 6.54 Å². The number of hydrogen-bond donors (Lipinski definition) is 1. The lowest BCUT2D eigenvalue weighted by Gasteiger charge is -2.12. The molecule has 1 aromatic carbocycles. The number of nitrogens with two attached hydrogens (primary N) is 1. The van der Waals surface area contributed by atoms with Crippen molar-refractivity contribution in [1.29, 1.82) is 0 Å². The smallest absolute Gasteiger partial charge is 0.231 e. The number of benzene rings is 1. The van der Waals surface area contributed by atoms with Crippen molar-refractivity contribution in [3.8, 4) is 5.75 Å². The predicted molar refractivity (Wildman–Crippen MR) is 90.8 cm³/mol. The first-order chi connectivity index (χ1) is 11.6. The summed E-state index contributed by atoms with van der Waals surface area (Å²) in [6, 6.07) is 7.84. The van der Waals surface area contributed by atoms with Crippen molar-refractivity contribution in [2.45, 2.75) is 51.0 Å². The van der Waals surface area contributed by atoms with Gasteiger partial charge in [0.05, 0.1) is 13.7 Å². The number of hydrogen-bond acceptors (Lipinski definition) is 4. The molecule has 6 heteroatoms. The molecule has 1 aliphatic rings. The lowest BCUT2D eigenvalue weighted by Crippen LogP contribution is -2.31. The highest BCUT2D eigenvalue weighted by molar-refractivity contribution is 5.88. The van der Waals surface area contributed by atoms with Gasteiger partial charge in [-0.15, -0.1) is 0 Å². The first kappa shape index (κ1) is 16.5. The number of primary amides is 1. The zero-order valence-corrected chi connectivity index (χ0v) is 14.3. The molecule has 2 aromatic rings. The van der Waals surface area contributed by atoms with Gasteiger partial charge in [-0.1, -0.05) is 25.5 Å². The zero-order valence-electron chi connectivity index (χ0n) is 14.3. The third kappa shape index (κ3) is 3.13. The number of nitrogens with zero attached hydrogens (tertiary/aromatic N) is 3. The van der Waals surface area contributed by atoms with E-state index in [1.54, 1.807) is 7.11 Å². The minimum absolute atomic E-state index is 0.298. The van der Waals surface area contributed by atoms with Crippen LogP contribution in [0.15, 0.2) is 24.3 Å². The van der Waals surface area contributed by atoms with E-state index in [0.717, 1.165) is 55.1 Å². The van der Waals surface area contributed by atoms with E-state index in [1.807, 2.05) is 28.9 Å². The number of amides is 1. The Morgan fingerprint density at radius 2 is 2.04 bits per heavy atom. The van der Waals surface area contributed by atoms with Crippen LogP contribution in [0.5, 0.6) is 5.75 Å². The fraction of sp³-hybridized carbons (Fsp3) is 0.500. The molecule has 1 fully saturated rings. The first-order valence-corrected chi connectivity index (χ1v) is 8.46. The van der Waals surface area contributed by atoms with Gasteiger partial charge < -0.3 is 10.5 Å². The molecule has 0 spiro atoms. The molecule has 0 unspecified atom stereocenters. The molecular formula is C18H24N4O2. The fourth-order valence-electron chi connectivity index (χ4n) is 2.90. The van der Waals surface area contributed by atoms with Crippen LogP contribution in [0.1, 0.15) is 49.8 Å². The first-order valence-electron chi connectivity index (χ1n) is 8.46. The average molecular weight is 328 g/mol. The zero-order chi connectivity index (χ0) is 17.2. The molecule has 3 rings (SSSR count). The SMILES string of the molecule is CCCCc1nc(C2(C(N)=O)CC2)n(Cc2ccc(OC)cc2)n1. The van der Waals surface area contributed by atoms with Gasteiger partial charge in [0, 0.05) is 6.42 Å². The summed E-state index contributed by atoms with van der Waals surface area (Å²) in [5.41, 5.74) is 6.10. The summed E-state index contributed by atoms with van der Waals surface area (Å²) in [6.45, 7) is 2.72. The maximum absolute atomic E-state index is 11.9. The van der Waals surface area contributed by atoms with E-state index >= 15 is 0 Å². The summed E-state index contributed by atoms with van der Waals surface area (Å²) in [6.07, 6.45) is 4.47. The van der Waals surface area contributed by atoms with Gasteiger partial charge in [0.15, 0.2) is 5.82 Å². The molecule has 0 atom stereocenters. The standard InChI is InChI=1S/C18H24N4O2/c1-3-4-5-15-20-17(18(10-11-18)16(19)23)22(21-15)12-13-6-8-14(24-2)9-7-13/h6-9H,3-5,10-12H2,1-2H3,(H2,19,23). The van der Waals surface area contributed by atoms with Crippen LogP contribution in [0, 0.1) is 0 Å². The van der Waals surface area contributed by atoms with Crippen LogP contribution in [0.4, 0.5) is 0 Å². The number of unbranched alkanes of at least 4 members (excludes halogenated alkanes) is 1. The van der Waals surface area contributed by atoms with Crippen LogP contribution in [0.3, 0.4) is 0 Å². The lowest BCUT2D eigenvalue weighted by atomic mass is 10.1. The van der Waals surface area contributed by atoms with E-state index in [9.17, 15) is 4.79 Å². The Kier molecular flexibility index (Phi) is 4.55. The third-order valence-corrected chi connectivity index (χ3v) is 4.61. The summed E-state index contributed by atoms with van der Waals surface area (Å²) < 4.78 is 7.04. The van der Waals surface area contributed by atoms with Crippen LogP contribution in [-0.2, 0) is 23.2 Å². The molecule has 0 aliphatic heterocycles. The molecule has 0 saturated heterocycles. The summed E-state index contributed by atoms with van der Waals surface area (Å²) in [5, 5.41) is 4.64. The summed E-state index contributed by atoms with van der Waals surface area (Å²) in [4.78, 5) is 16.6. The number of aryl methyl sites for hydroxylation is 1. The molecule has 1 aromatic heterocycles. The van der Waals surface area contributed by atoms with Gasteiger partial charge in [-0.3, -0.25) is 4.79 Å². The summed E-state index contributed by atoms with van der Waals surface area (Å²) in [7, 11) is 1.65. The molecule has 128 valence electrons. The Labute approximate surface area is 142 Å². The van der Waals surface area contributed by atoms with Crippen molar-refractivity contribution in [3.63, 3.8) is 0 Å². The highest BCUT2D eigenvalue weighted by atomic mass is 16.5. The van der Waals surface area contributed by atoms with Gasteiger partial charge in [-0.25, -0.2) is 9.67 Å². The minimum Gasteiger partial charge on any atom is -0.497 e. The average Bonchev–Trinajstić information content (AvgIpc) is 3.31. The Balaban J connectivity index is 1.89. The molecular weight excluding hydrogens is 304 g/mol. The van der Waals surface area contributed by atoms with Gasteiger partial charge in [0.2, 0.25) is 5.91 Å². The number of rotatable bonds is 8. The van der Waals surface area contributed by atoms with Crippen molar-refractivity contribution in [2.24, 2.45) is 5.73 Å². The minimum atomic E-state index is -0.621. The molecule has 1 amide bonds. The Morgan fingerprint density at radius 1 is 1.33 bits per heavy atom. The second-order valence-corrected chi connectivity index (χ2v) is 6.41. The fourth-order valence-corrected chi connectivity index (χ4v) is 2.90. The van der Waals surface area contributed by atoms with Gasteiger partial charge in [-0.05, 0) is 37.0 Å². The van der Waals surface area contributed by atoms with Gasteiger partial charge in [0.1, 0.15) is 17.0 Å². The van der Waals surface area contributed by atoms with Crippen LogP contribution in [0.25, 0.3) is 0 Å². The van der Waals surface area contributed by atoms with Gasteiger partial charge >= 0.3 is 0 Å². The topological polar surface area (TPSA) is 83.0 Å². The summed E-state index contributed by atoms with van der Waals surface area (Å²) >= 11 is 0. The normalized spacial score (nSPS) is 15.2. The molecule has 0 radical (unpaired) electrons. The van der Waals surface area contributed by atoms with Crippen molar-refractivity contribution < 1.29 is 9.53 Å². The number of carbonyl (C=O) groups is 1. The van der Waals surface area contributed by atoms with Crippen LogP contribution in [-0.4, -0.2) is 27.8 Å². The van der Waals surface area contributed by atoms with E-state index < -0.39 is 5.41 Å². The van der Waals surface area contributed by atoms with E-state index in [1.165, 1.54) is 0 Å². The maximum Gasteiger partial charge on any atom is 0.231 e. The highest BCUT2D eigenvalue weighted by Crippen LogP contribution is 2.47. The quantitative estimate of drug-likeness (QED) is 0.805. The maximum atomic E-state index is 11.9. The van der Waals surface area contributed by atoms with Gasteiger partial charge in [-0.2, -0.15) is 5.10 Å². The van der Waals surface area contributed by atoms with E-state index in [-0.39, 0.29) is 5.91 Å². The second kappa shape index (κ2) is 6.63. The number of ether oxygens (including phenoxy) is 1. The van der Waals surface area contributed by atoms with Crippen LogP contribution >= 0.6 is 0 Å². The molecule has 2 N–H and O–H groups in total. The molecule has 1 saturated carbocycles. The Morgan fingerprint density at radius 3 is 2.58 bits per heavy atom. The van der Waals surface area contributed by atoms with Gasteiger partial charge in [0.25, 0.3) is 0 Å². The molecule has 1 heterocycles. The highest BCUT2D eigenvalue weighted by Gasteiger charge is 2.54. The summed E-state index contributed by atoms with van der Waals surface area (Å²) in [5.74, 6) is 2.04. The van der Waals surface area contributed by atoms with E-state index in [2.05, 4.69) is 17.0 Å². The van der Waals surface area contributed by atoms with Crippen molar-refractivity contribution in [3.05, 3.63) is 41.5 Å². The number of methoxy groups -OCH3 is 1.